The third-order valence-electron chi connectivity index (χ3n) is 5.82. The molecule has 0 aliphatic carbocycles. The van der Waals surface area contributed by atoms with Crippen molar-refractivity contribution in [3.63, 3.8) is 0 Å². The summed E-state index contributed by atoms with van der Waals surface area (Å²) in [6.07, 6.45) is 0.236. The molecule has 0 spiro atoms. The molecule has 1 aromatic carbocycles. The van der Waals surface area contributed by atoms with Gasteiger partial charge >= 0.3 is 6.09 Å². The van der Waals surface area contributed by atoms with Crippen LogP contribution in [-0.4, -0.2) is 57.0 Å². The van der Waals surface area contributed by atoms with Crippen LogP contribution in [0.25, 0.3) is 0 Å². The average molecular weight is 549 g/mol. The molecule has 0 fully saturated rings. The van der Waals surface area contributed by atoms with Gasteiger partial charge in [0.25, 0.3) is 0 Å². The average Bonchev–Trinajstić information content (AvgIpc) is 2.76. The third-order valence-corrected chi connectivity index (χ3v) is 5.82. The van der Waals surface area contributed by atoms with Crippen LogP contribution in [0.4, 0.5) is 4.79 Å². The lowest BCUT2D eigenvalue weighted by Crippen LogP contribution is -2.57. The minimum atomic E-state index is -1.21. The monoisotopic (exact) mass is 548 g/mol. The van der Waals surface area contributed by atoms with Crippen molar-refractivity contribution in [3.05, 3.63) is 29.8 Å². The lowest BCUT2D eigenvalue weighted by Gasteiger charge is -2.40. The zero-order valence-corrected chi connectivity index (χ0v) is 25.0. The van der Waals surface area contributed by atoms with Gasteiger partial charge < -0.3 is 31.1 Å². The highest BCUT2D eigenvalue weighted by Crippen LogP contribution is 2.33. The van der Waals surface area contributed by atoms with E-state index in [2.05, 4.69) is 24.5 Å². The minimum Gasteiger partial charge on any atom is -0.508 e. The fourth-order valence-electron chi connectivity index (χ4n) is 4.06. The van der Waals surface area contributed by atoms with Crippen LogP contribution in [0.15, 0.2) is 24.3 Å². The Morgan fingerprint density at radius 3 is 2.05 bits per heavy atom. The van der Waals surface area contributed by atoms with Gasteiger partial charge in [0.1, 0.15) is 23.4 Å². The third kappa shape index (κ3) is 12.0. The van der Waals surface area contributed by atoms with Crippen LogP contribution in [0.3, 0.4) is 0 Å². The maximum atomic E-state index is 14.3. The number of carbonyl (C=O) groups is 4. The van der Waals surface area contributed by atoms with Crippen molar-refractivity contribution < 1.29 is 29.0 Å². The van der Waals surface area contributed by atoms with Crippen molar-refractivity contribution in [2.75, 3.05) is 0 Å². The van der Waals surface area contributed by atoms with Crippen LogP contribution in [-0.2, 0) is 19.1 Å². The van der Waals surface area contributed by atoms with Gasteiger partial charge in [-0.15, -0.1) is 0 Å². The largest absolute Gasteiger partial charge is 0.508 e. The fraction of sp³-hybridized carbons (Fsp3) is 0.655. The lowest BCUT2D eigenvalue weighted by molar-refractivity contribution is -0.146. The molecule has 0 aliphatic rings. The SMILES string of the molecule is CC(C)CCC(C)N(C(=O)C(CCC(N)=O)NC(=O)OC(C)(C)C)C(C(=O)NC(C)(C)C)c1ccccc1O. The van der Waals surface area contributed by atoms with E-state index in [1.54, 1.807) is 39.0 Å². The number of phenolic OH excluding ortho intramolecular Hbond substituents is 1. The molecule has 220 valence electrons. The first-order chi connectivity index (χ1) is 17.8. The first-order valence-corrected chi connectivity index (χ1v) is 13.5. The van der Waals surface area contributed by atoms with Gasteiger partial charge in [-0.3, -0.25) is 14.4 Å². The Hall–Kier alpha value is -3.30. The highest BCUT2D eigenvalue weighted by Gasteiger charge is 2.40. The van der Waals surface area contributed by atoms with Crippen molar-refractivity contribution in [2.24, 2.45) is 11.7 Å². The number of alkyl carbamates (subject to hydrolysis) is 1. The lowest BCUT2D eigenvalue weighted by atomic mass is 9.95. The van der Waals surface area contributed by atoms with E-state index in [-0.39, 0.29) is 24.2 Å². The molecule has 1 rings (SSSR count). The predicted octanol–water partition coefficient (Wildman–Crippen LogP) is 4.16. The number of nitrogens with zero attached hydrogens (tertiary/aromatic N) is 1. The maximum absolute atomic E-state index is 14.3. The topological polar surface area (TPSA) is 151 Å². The van der Waals surface area contributed by atoms with Gasteiger partial charge in [0.15, 0.2) is 0 Å². The van der Waals surface area contributed by atoms with Gasteiger partial charge in [-0.05, 0) is 79.7 Å². The number of hydrogen-bond acceptors (Lipinski definition) is 6. The highest BCUT2D eigenvalue weighted by molar-refractivity contribution is 5.93. The molecule has 0 aromatic heterocycles. The van der Waals surface area contributed by atoms with Crippen LogP contribution in [0.1, 0.15) is 99.6 Å². The number of nitrogens with two attached hydrogens (primary N) is 1. The highest BCUT2D eigenvalue weighted by atomic mass is 16.6. The molecule has 3 atom stereocenters. The Kier molecular flexibility index (Phi) is 12.3. The summed E-state index contributed by atoms with van der Waals surface area (Å²) in [6.45, 7) is 16.5. The second kappa shape index (κ2) is 14.2. The minimum absolute atomic E-state index is 0.0881. The van der Waals surface area contributed by atoms with Gasteiger partial charge in [-0.1, -0.05) is 32.0 Å². The molecule has 0 saturated heterocycles. The Bertz CT molecular complexity index is 996. The van der Waals surface area contributed by atoms with E-state index >= 15 is 0 Å². The number of rotatable bonds is 12. The molecule has 39 heavy (non-hydrogen) atoms. The first-order valence-electron chi connectivity index (χ1n) is 13.5. The summed E-state index contributed by atoms with van der Waals surface area (Å²) in [4.78, 5) is 53.8. The number of carbonyl (C=O) groups excluding carboxylic acids is 4. The normalized spacial score (nSPS) is 14.2. The Morgan fingerprint density at radius 1 is 0.974 bits per heavy atom. The van der Waals surface area contributed by atoms with Crippen LogP contribution in [0, 0.1) is 5.92 Å². The molecular weight excluding hydrogens is 500 g/mol. The van der Waals surface area contributed by atoms with Gasteiger partial charge in [0.05, 0.1) is 0 Å². The second-order valence-electron chi connectivity index (χ2n) is 12.5. The Morgan fingerprint density at radius 2 is 1.56 bits per heavy atom. The number of hydrogen-bond donors (Lipinski definition) is 4. The molecule has 0 heterocycles. The van der Waals surface area contributed by atoms with E-state index in [9.17, 15) is 24.3 Å². The van der Waals surface area contributed by atoms with E-state index < -0.39 is 53.1 Å². The van der Waals surface area contributed by atoms with Crippen LogP contribution < -0.4 is 16.4 Å². The molecule has 0 bridgehead atoms. The van der Waals surface area contributed by atoms with Gasteiger partial charge in [0, 0.05) is 23.6 Å². The predicted molar refractivity (Wildman–Crippen MR) is 151 cm³/mol. The van der Waals surface area contributed by atoms with Crippen LogP contribution >= 0.6 is 0 Å². The summed E-state index contributed by atoms with van der Waals surface area (Å²) in [5.74, 6) is -1.52. The van der Waals surface area contributed by atoms with Crippen LogP contribution in [0.5, 0.6) is 5.75 Å². The molecule has 1 aromatic rings. The van der Waals surface area contributed by atoms with Crippen molar-refractivity contribution >= 4 is 23.8 Å². The number of ether oxygens (including phenoxy) is 1. The molecule has 0 aliphatic heterocycles. The summed E-state index contributed by atoms with van der Waals surface area (Å²) >= 11 is 0. The second-order valence-corrected chi connectivity index (χ2v) is 12.5. The molecular formula is C29H48N4O6. The Balaban J connectivity index is 3.69. The van der Waals surface area contributed by atoms with E-state index in [0.29, 0.717) is 12.3 Å². The molecule has 10 nitrogen and oxygen atoms in total. The zero-order valence-electron chi connectivity index (χ0n) is 25.0. The summed E-state index contributed by atoms with van der Waals surface area (Å²) in [5.41, 5.74) is 4.17. The number of amides is 4. The number of primary amides is 1. The van der Waals surface area contributed by atoms with Crippen molar-refractivity contribution in [3.8, 4) is 5.75 Å². The quantitative estimate of drug-likeness (QED) is 0.308. The number of aromatic hydroxyl groups is 1. The molecule has 4 amide bonds. The molecule has 10 heteroatoms. The summed E-state index contributed by atoms with van der Waals surface area (Å²) < 4.78 is 5.37. The van der Waals surface area contributed by atoms with Crippen LogP contribution in [0.2, 0.25) is 0 Å². The van der Waals surface area contributed by atoms with E-state index in [1.807, 2.05) is 27.7 Å². The number of nitrogens with one attached hydrogen (secondary N) is 2. The van der Waals surface area contributed by atoms with Crippen molar-refractivity contribution in [1.29, 1.82) is 0 Å². The Labute approximate surface area is 233 Å². The van der Waals surface area contributed by atoms with Crippen molar-refractivity contribution in [2.45, 2.75) is 117 Å². The maximum Gasteiger partial charge on any atom is 0.408 e. The fourth-order valence-corrected chi connectivity index (χ4v) is 4.06. The summed E-state index contributed by atoms with van der Waals surface area (Å²) in [6, 6.07) is 3.48. The smallest absolute Gasteiger partial charge is 0.408 e. The van der Waals surface area contributed by atoms with Crippen molar-refractivity contribution in [1.82, 2.24) is 15.5 Å². The molecule has 0 radical (unpaired) electrons. The van der Waals surface area contributed by atoms with E-state index in [4.69, 9.17) is 10.5 Å². The number of para-hydroxylation sites is 1. The first kappa shape index (κ1) is 33.7. The van der Waals surface area contributed by atoms with Gasteiger partial charge in [0.2, 0.25) is 17.7 Å². The van der Waals surface area contributed by atoms with E-state index in [0.717, 1.165) is 6.42 Å². The zero-order chi connectivity index (χ0) is 30.1. The van der Waals surface area contributed by atoms with E-state index in [1.165, 1.54) is 11.0 Å². The molecule has 5 N–H and O–H groups in total. The molecule has 3 unspecified atom stereocenters. The summed E-state index contributed by atoms with van der Waals surface area (Å²) in [5, 5.41) is 16.3. The molecule has 0 saturated carbocycles. The summed E-state index contributed by atoms with van der Waals surface area (Å²) in [7, 11) is 0. The number of phenols is 1. The standard InChI is InChI=1S/C29H48N4O6/c1-18(2)14-15-19(3)33(24(25(36)32-28(4,5)6)20-12-10-11-13-22(20)34)26(37)21(16-17-23(30)35)31-27(38)39-29(7,8)9/h10-13,18-19,21,24,34H,14-17H2,1-9H3,(H2,30,35)(H,31,38)(H,32,36). The number of benzene rings is 1. The van der Waals surface area contributed by atoms with Gasteiger partial charge in [-0.2, -0.15) is 0 Å². The van der Waals surface area contributed by atoms with Gasteiger partial charge in [-0.25, -0.2) is 4.79 Å².